The fraction of sp³-hybridized carbons (Fsp3) is 0.350. The highest BCUT2D eigenvalue weighted by molar-refractivity contribution is 8.00. The highest BCUT2D eigenvalue weighted by Crippen LogP contribution is 2.33. The number of ether oxygens (including phenoxy) is 1. The monoisotopic (exact) mass is 410 g/mol. The molecule has 2 aromatic carbocycles. The van der Waals surface area contributed by atoms with Crippen LogP contribution in [0.2, 0.25) is 0 Å². The van der Waals surface area contributed by atoms with Gasteiger partial charge < -0.3 is 15.4 Å². The van der Waals surface area contributed by atoms with Crippen LogP contribution in [0.15, 0.2) is 54.6 Å². The Morgan fingerprint density at radius 1 is 1.07 bits per heavy atom. The van der Waals surface area contributed by atoms with E-state index < -0.39 is 18.0 Å². The largest absolute Gasteiger partial charge is 0.457 e. The Labute approximate surface area is 165 Å². The zero-order valence-corrected chi connectivity index (χ0v) is 15.9. The fourth-order valence-electron chi connectivity index (χ4n) is 2.88. The highest BCUT2D eigenvalue weighted by atomic mass is 32.2. The van der Waals surface area contributed by atoms with Crippen molar-refractivity contribution in [2.45, 2.75) is 23.9 Å². The van der Waals surface area contributed by atoms with Gasteiger partial charge in [0.15, 0.2) is 0 Å². The van der Waals surface area contributed by atoms with E-state index in [0.29, 0.717) is 17.9 Å². The average Bonchev–Trinajstić information content (AvgIpc) is 2.83. The smallest absolute Gasteiger partial charge is 0.401 e. The molecule has 4 nitrogen and oxygen atoms in total. The van der Waals surface area contributed by atoms with Crippen molar-refractivity contribution in [2.75, 3.05) is 18.8 Å². The Kier molecular flexibility index (Phi) is 6.85. The summed E-state index contributed by atoms with van der Waals surface area (Å²) in [6.07, 6.45) is -3.64. The maximum atomic E-state index is 12.5. The number of carbonyl (C=O) groups excluding carboxylic acids is 1. The number of nitrogens with one attached hydrogen (secondary N) is 2. The number of thioether (sulfide) groups is 1. The summed E-state index contributed by atoms with van der Waals surface area (Å²) in [5, 5.41) is 4.82. The second-order valence-corrected chi connectivity index (χ2v) is 7.69. The van der Waals surface area contributed by atoms with Gasteiger partial charge in [0, 0.05) is 12.6 Å². The lowest BCUT2D eigenvalue weighted by Gasteiger charge is -2.18. The Hall–Kier alpha value is -2.19. The van der Waals surface area contributed by atoms with E-state index in [9.17, 15) is 18.0 Å². The first-order valence-corrected chi connectivity index (χ1v) is 9.98. The van der Waals surface area contributed by atoms with Gasteiger partial charge in [-0.2, -0.15) is 13.2 Å². The number of hydrogen-bond acceptors (Lipinski definition) is 4. The van der Waals surface area contributed by atoms with Crippen LogP contribution in [0.1, 0.15) is 17.2 Å². The van der Waals surface area contributed by atoms with Crippen molar-refractivity contribution < 1.29 is 22.7 Å². The van der Waals surface area contributed by atoms with Gasteiger partial charge in [-0.05, 0) is 42.0 Å². The number of alkyl halides is 3. The molecular weight excluding hydrogens is 389 g/mol. The summed E-state index contributed by atoms with van der Waals surface area (Å²) in [7, 11) is 0. The molecule has 2 aromatic rings. The molecule has 0 aliphatic carbocycles. The summed E-state index contributed by atoms with van der Waals surface area (Å²) in [5.74, 6) is 1.90. The van der Waals surface area contributed by atoms with E-state index in [4.69, 9.17) is 4.74 Å². The molecule has 1 saturated heterocycles. The van der Waals surface area contributed by atoms with Gasteiger partial charge in [-0.1, -0.05) is 30.3 Å². The van der Waals surface area contributed by atoms with E-state index in [-0.39, 0.29) is 18.5 Å². The van der Waals surface area contributed by atoms with E-state index in [1.54, 1.807) is 0 Å². The van der Waals surface area contributed by atoms with E-state index in [0.717, 1.165) is 11.3 Å². The van der Waals surface area contributed by atoms with Gasteiger partial charge in [-0.15, -0.1) is 11.8 Å². The summed E-state index contributed by atoms with van der Waals surface area (Å²) in [5.41, 5.74) is 0.840. The van der Waals surface area contributed by atoms with Crippen molar-refractivity contribution in [1.29, 1.82) is 0 Å². The molecule has 0 radical (unpaired) electrons. The maximum Gasteiger partial charge on any atom is 0.401 e. The molecule has 1 heterocycles. The lowest BCUT2D eigenvalue weighted by molar-refractivity contribution is -0.125. The van der Waals surface area contributed by atoms with Gasteiger partial charge in [-0.3, -0.25) is 4.79 Å². The summed E-state index contributed by atoms with van der Waals surface area (Å²) in [6.45, 7) is -0.957. The topological polar surface area (TPSA) is 50.4 Å². The van der Waals surface area contributed by atoms with E-state index >= 15 is 0 Å². The lowest BCUT2D eigenvalue weighted by Crippen LogP contribution is -2.44. The first-order valence-electron chi connectivity index (χ1n) is 8.93. The van der Waals surface area contributed by atoms with Gasteiger partial charge in [0.1, 0.15) is 16.7 Å². The summed E-state index contributed by atoms with van der Waals surface area (Å²) in [4.78, 5) is 12.5. The third kappa shape index (κ3) is 6.17. The van der Waals surface area contributed by atoms with Crippen LogP contribution in [0, 0.1) is 0 Å². The van der Waals surface area contributed by atoms with E-state index in [2.05, 4.69) is 10.6 Å². The summed E-state index contributed by atoms with van der Waals surface area (Å²) in [6, 6.07) is 16.4. The van der Waals surface area contributed by atoms with Gasteiger partial charge in [0.05, 0.1) is 6.54 Å². The zero-order valence-electron chi connectivity index (χ0n) is 15.0. The van der Waals surface area contributed by atoms with E-state index in [1.165, 1.54) is 11.8 Å². The number of amides is 1. The Morgan fingerprint density at radius 2 is 1.75 bits per heavy atom. The second kappa shape index (κ2) is 9.34. The molecule has 0 spiro atoms. The minimum absolute atomic E-state index is 0.0996. The molecule has 1 aliphatic heterocycles. The molecule has 3 rings (SSSR count). The predicted molar refractivity (Wildman–Crippen MR) is 104 cm³/mol. The standard InChI is InChI=1S/C20H21F3N2O2S/c21-20(22,23)13-24-12-15-10-11-28-18(19(26)25-15)14-6-8-17(9-7-14)27-16-4-2-1-3-5-16/h1-9,15,18,24H,10-13H2,(H,25,26)/t15-,18+/m0/s1. The molecule has 1 amide bonds. The quantitative estimate of drug-likeness (QED) is 0.746. The molecule has 0 aromatic heterocycles. The molecule has 2 atom stereocenters. The van der Waals surface area contributed by atoms with Crippen LogP contribution in [0.4, 0.5) is 13.2 Å². The van der Waals surface area contributed by atoms with Crippen molar-refractivity contribution in [1.82, 2.24) is 10.6 Å². The molecule has 1 fully saturated rings. The number of benzene rings is 2. The maximum absolute atomic E-state index is 12.5. The molecule has 2 N–H and O–H groups in total. The number of carbonyl (C=O) groups is 1. The number of halogens is 3. The predicted octanol–water partition coefficient (Wildman–Crippen LogP) is 4.29. The van der Waals surface area contributed by atoms with Crippen LogP contribution in [0.5, 0.6) is 11.5 Å². The van der Waals surface area contributed by atoms with Crippen molar-refractivity contribution in [3.63, 3.8) is 0 Å². The van der Waals surface area contributed by atoms with E-state index in [1.807, 2.05) is 54.6 Å². The lowest BCUT2D eigenvalue weighted by atomic mass is 10.1. The van der Waals surface area contributed by atoms with Crippen LogP contribution < -0.4 is 15.4 Å². The summed E-state index contributed by atoms with van der Waals surface area (Å²) >= 11 is 1.49. The second-order valence-electron chi connectivity index (χ2n) is 6.48. The van der Waals surface area contributed by atoms with Crippen LogP contribution in [-0.4, -0.2) is 37.0 Å². The van der Waals surface area contributed by atoms with Gasteiger partial charge >= 0.3 is 6.18 Å². The van der Waals surface area contributed by atoms with Crippen molar-refractivity contribution in [3.05, 3.63) is 60.2 Å². The normalized spacial score (nSPS) is 20.3. The van der Waals surface area contributed by atoms with Crippen molar-refractivity contribution in [2.24, 2.45) is 0 Å². The Balaban J connectivity index is 1.57. The van der Waals surface area contributed by atoms with Crippen LogP contribution in [-0.2, 0) is 4.79 Å². The SMILES string of the molecule is O=C1N[C@H](CNCC(F)(F)F)CCS[C@@H]1c1ccc(Oc2ccccc2)cc1. The van der Waals surface area contributed by atoms with Crippen LogP contribution in [0.25, 0.3) is 0 Å². The number of hydrogen-bond donors (Lipinski definition) is 2. The molecular formula is C20H21F3N2O2S. The molecule has 0 bridgehead atoms. The fourth-order valence-corrected chi connectivity index (χ4v) is 4.10. The van der Waals surface area contributed by atoms with Gasteiger partial charge in [0.25, 0.3) is 0 Å². The van der Waals surface area contributed by atoms with Gasteiger partial charge in [-0.25, -0.2) is 0 Å². The summed E-state index contributed by atoms with van der Waals surface area (Å²) < 4.78 is 42.5. The molecule has 0 unspecified atom stereocenters. The average molecular weight is 410 g/mol. The van der Waals surface area contributed by atoms with Gasteiger partial charge in [0.2, 0.25) is 5.91 Å². The third-order valence-electron chi connectivity index (χ3n) is 4.21. The number of rotatable bonds is 6. The zero-order chi connectivity index (χ0) is 20.0. The van der Waals surface area contributed by atoms with Crippen LogP contribution in [0.3, 0.4) is 0 Å². The molecule has 8 heteroatoms. The Bertz CT molecular complexity index is 769. The van der Waals surface area contributed by atoms with Crippen molar-refractivity contribution >= 4 is 17.7 Å². The Morgan fingerprint density at radius 3 is 2.43 bits per heavy atom. The minimum atomic E-state index is -4.25. The highest BCUT2D eigenvalue weighted by Gasteiger charge is 2.29. The van der Waals surface area contributed by atoms with Crippen molar-refractivity contribution in [3.8, 4) is 11.5 Å². The number of para-hydroxylation sites is 1. The molecule has 0 saturated carbocycles. The first kappa shape index (κ1) is 20.5. The van der Waals surface area contributed by atoms with Crippen LogP contribution >= 0.6 is 11.8 Å². The minimum Gasteiger partial charge on any atom is -0.457 e. The molecule has 1 aliphatic rings. The molecule has 28 heavy (non-hydrogen) atoms. The third-order valence-corrected chi connectivity index (χ3v) is 5.50. The molecule has 150 valence electrons. The first-order chi connectivity index (χ1) is 13.4.